The van der Waals surface area contributed by atoms with E-state index in [9.17, 15) is 4.79 Å². The number of hydrogen-bond acceptors (Lipinski definition) is 2. The molecule has 0 bridgehead atoms. The Morgan fingerprint density at radius 1 is 1.56 bits per heavy atom. The van der Waals surface area contributed by atoms with Gasteiger partial charge in [-0.05, 0) is 18.6 Å². The van der Waals surface area contributed by atoms with Crippen LogP contribution < -0.4 is 5.32 Å². The molecule has 0 fully saturated rings. The maximum absolute atomic E-state index is 11.8. The van der Waals surface area contributed by atoms with Crippen molar-refractivity contribution in [1.29, 1.82) is 0 Å². The molecule has 0 atom stereocenters. The predicted octanol–water partition coefficient (Wildman–Crippen LogP) is 1.64. The van der Waals surface area contributed by atoms with Crippen LogP contribution in [0.15, 0.2) is 43.2 Å². The molecule has 2 aromatic rings. The molecule has 0 spiro atoms. The fraction of sp³-hybridized carbons (Fsp3) is 0.167. The average molecular weight is 215 g/mol. The van der Waals surface area contributed by atoms with Gasteiger partial charge < -0.3 is 5.32 Å². The van der Waals surface area contributed by atoms with Crippen molar-refractivity contribution < 1.29 is 4.79 Å². The minimum atomic E-state index is -0.0944. The summed E-state index contributed by atoms with van der Waals surface area (Å²) in [7, 11) is 0. The number of fused-ring (bicyclic) bond motifs is 1. The largest absolute Gasteiger partial charge is 0.352 e. The van der Waals surface area contributed by atoms with Gasteiger partial charge >= 0.3 is 0 Å². The second-order valence-corrected chi connectivity index (χ2v) is 3.42. The number of pyridine rings is 1. The van der Waals surface area contributed by atoms with Gasteiger partial charge in [-0.25, -0.2) is 4.52 Å². The first-order chi connectivity index (χ1) is 7.83. The lowest BCUT2D eigenvalue weighted by atomic mass is 10.2. The Hall–Kier alpha value is -2.10. The molecule has 4 nitrogen and oxygen atoms in total. The number of carbonyl (C=O) groups excluding carboxylic acids is 1. The van der Waals surface area contributed by atoms with Gasteiger partial charge in [0.25, 0.3) is 5.91 Å². The van der Waals surface area contributed by atoms with Crippen LogP contribution in [0.5, 0.6) is 0 Å². The highest BCUT2D eigenvalue weighted by atomic mass is 16.1. The number of carbonyl (C=O) groups is 1. The molecule has 0 aliphatic heterocycles. The van der Waals surface area contributed by atoms with E-state index < -0.39 is 0 Å². The van der Waals surface area contributed by atoms with Crippen LogP contribution in [0.1, 0.15) is 16.8 Å². The van der Waals surface area contributed by atoms with Crippen LogP contribution in [0.4, 0.5) is 0 Å². The third-order valence-electron chi connectivity index (χ3n) is 2.31. The lowest BCUT2D eigenvalue weighted by Crippen LogP contribution is -2.23. The number of hydrogen-bond donors (Lipinski definition) is 1. The summed E-state index contributed by atoms with van der Waals surface area (Å²) in [6, 6.07) is 5.63. The SMILES string of the molecule is C=CCCNC(=O)c1cnn2ccccc12. The highest BCUT2D eigenvalue weighted by molar-refractivity contribution is 6.00. The van der Waals surface area contributed by atoms with Gasteiger partial charge in [0.05, 0.1) is 17.3 Å². The second kappa shape index (κ2) is 4.61. The fourth-order valence-corrected chi connectivity index (χ4v) is 1.49. The van der Waals surface area contributed by atoms with Crippen LogP contribution in [-0.4, -0.2) is 22.1 Å². The van der Waals surface area contributed by atoms with Crippen LogP contribution in [0.25, 0.3) is 5.52 Å². The first kappa shape index (κ1) is 10.4. The topological polar surface area (TPSA) is 46.4 Å². The van der Waals surface area contributed by atoms with E-state index in [0.717, 1.165) is 11.9 Å². The molecule has 0 saturated heterocycles. The van der Waals surface area contributed by atoms with Gasteiger partial charge in [0.1, 0.15) is 0 Å². The molecule has 0 radical (unpaired) electrons. The van der Waals surface area contributed by atoms with Crippen molar-refractivity contribution in [3.8, 4) is 0 Å². The van der Waals surface area contributed by atoms with Crippen molar-refractivity contribution in [3.05, 3.63) is 48.8 Å². The van der Waals surface area contributed by atoms with Gasteiger partial charge in [0.15, 0.2) is 0 Å². The summed E-state index contributed by atoms with van der Waals surface area (Å²) in [6.45, 7) is 4.21. The molecular weight excluding hydrogens is 202 g/mol. The molecule has 2 rings (SSSR count). The molecule has 1 N–H and O–H groups in total. The van der Waals surface area contributed by atoms with Crippen LogP contribution in [0, 0.1) is 0 Å². The molecule has 0 unspecified atom stereocenters. The maximum Gasteiger partial charge on any atom is 0.255 e. The number of nitrogens with one attached hydrogen (secondary N) is 1. The summed E-state index contributed by atoms with van der Waals surface area (Å²) < 4.78 is 1.68. The summed E-state index contributed by atoms with van der Waals surface area (Å²) in [5.41, 5.74) is 1.42. The number of amides is 1. The molecule has 0 aromatic carbocycles. The molecule has 82 valence electrons. The third-order valence-corrected chi connectivity index (χ3v) is 2.31. The highest BCUT2D eigenvalue weighted by Crippen LogP contribution is 2.09. The fourth-order valence-electron chi connectivity index (χ4n) is 1.49. The third kappa shape index (κ3) is 1.95. The first-order valence-electron chi connectivity index (χ1n) is 5.14. The summed E-state index contributed by atoms with van der Waals surface area (Å²) >= 11 is 0. The molecule has 0 saturated carbocycles. The Morgan fingerprint density at radius 3 is 3.25 bits per heavy atom. The van der Waals surface area contributed by atoms with Crippen molar-refractivity contribution in [2.75, 3.05) is 6.54 Å². The molecule has 1 amide bonds. The molecule has 16 heavy (non-hydrogen) atoms. The molecule has 2 heterocycles. The molecular formula is C12H13N3O. The smallest absolute Gasteiger partial charge is 0.255 e. The van der Waals surface area contributed by atoms with Crippen molar-refractivity contribution >= 4 is 11.4 Å². The average Bonchev–Trinajstić information content (AvgIpc) is 2.73. The predicted molar refractivity (Wildman–Crippen MR) is 62.3 cm³/mol. The van der Waals surface area contributed by atoms with Gasteiger partial charge in [-0.1, -0.05) is 12.1 Å². The molecule has 0 aliphatic carbocycles. The van der Waals surface area contributed by atoms with Gasteiger partial charge in [-0.3, -0.25) is 4.79 Å². The Kier molecular flexibility index (Phi) is 3.00. The number of nitrogens with zero attached hydrogens (tertiary/aromatic N) is 2. The quantitative estimate of drug-likeness (QED) is 0.622. The lowest BCUT2D eigenvalue weighted by Gasteiger charge is -2.01. The van der Waals surface area contributed by atoms with Gasteiger partial charge in [0, 0.05) is 12.7 Å². The van der Waals surface area contributed by atoms with E-state index in [4.69, 9.17) is 0 Å². The van der Waals surface area contributed by atoms with Crippen LogP contribution in [-0.2, 0) is 0 Å². The zero-order valence-corrected chi connectivity index (χ0v) is 8.89. The van der Waals surface area contributed by atoms with E-state index in [1.807, 2.05) is 24.4 Å². The van der Waals surface area contributed by atoms with Gasteiger partial charge in [-0.2, -0.15) is 5.10 Å². The highest BCUT2D eigenvalue weighted by Gasteiger charge is 2.10. The zero-order valence-electron chi connectivity index (χ0n) is 8.89. The zero-order chi connectivity index (χ0) is 11.4. The first-order valence-corrected chi connectivity index (χ1v) is 5.14. The summed E-state index contributed by atoms with van der Waals surface area (Å²) in [5.74, 6) is -0.0944. The van der Waals surface area contributed by atoms with Crippen LogP contribution >= 0.6 is 0 Å². The minimum Gasteiger partial charge on any atom is -0.352 e. The summed E-state index contributed by atoms with van der Waals surface area (Å²) in [6.07, 6.45) is 5.94. The van der Waals surface area contributed by atoms with E-state index in [-0.39, 0.29) is 5.91 Å². The van der Waals surface area contributed by atoms with E-state index in [1.54, 1.807) is 16.8 Å². The van der Waals surface area contributed by atoms with E-state index in [1.165, 1.54) is 0 Å². The maximum atomic E-state index is 11.8. The summed E-state index contributed by atoms with van der Waals surface area (Å²) in [5, 5.41) is 6.92. The standard InChI is InChI=1S/C12H13N3O/c1-2-3-7-13-12(16)10-9-14-15-8-5-4-6-11(10)15/h2,4-6,8-9H,1,3,7H2,(H,13,16). The molecule has 2 aromatic heterocycles. The lowest BCUT2D eigenvalue weighted by molar-refractivity contribution is 0.0956. The monoisotopic (exact) mass is 215 g/mol. The van der Waals surface area contributed by atoms with E-state index in [2.05, 4.69) is 17.0 Å². The van der Waals surface area contributed by atoms with Crippen molar-refractivity contribution in [2.45, 2.75) is 6.42 Å². The van der Waals surface area contributed by atoms with Crippen LogP contribution in [0.2, 0.25) is 0 Å². The van der Waals surface area contributed by atoms with Gasteiger partial charge in [-0.15, -0.1) is 6.58 Å². The Morgan fingerprint density at radius 2 is 2.44 bits per heavy atom. The van der Waals surface area contributed by atoms with Crippen LogP contribution in [0.3, 0.4) is 0 Å². The molecule has 4 heteroatoms. The van der Waals surface area contributed by atoms with Crippen molar-refractivity contribution in [2.24, 2.45) is 0 Å². The second-order valence-electron chi connectivity index (χ2n) is 3.42. The van der Waals surface area contributed by atoms with E-state index >= 15 is 0 Å². The van der Waals surface area contributed by atoms with E-state index in [0.29, 0.717) is 12.1 Å². The minimum absolute atomic E-state index is 0.0944. The van der Waals surface area contributed by atoms with Crippen molar-refractivity contribution in [3.63, 3.8) is 0 Å². The van der Waals surface area contributed by atoms with Crippen molar-refractivity contribution in [1.82, 2.24) is 14.9 Å². The Labute approximate surface area is 93.6 Å². The Bertz CT molecular complexity index is 516. The number of rotatable bonds is 4. The number of aromatic nitrogens is 2. The van der Waals surface area contributed by atoms with Gasteiger partial charge in [0.2, 0.25) is 0 Å². The normalized spacial score (nSPS) is 10.2. The summed E-state index contributed by atoms with van der Waals surface area (Å²) in [4.78, 5) is 11.8. The molecule has 0 aliphatic rings. The Balaban J connectivity index is 2.19.